The van der Waals surface area contributed by atoms with E-state index >= 15 is 0 Å². The Bertz CT molecular complexity index is 1190. The lowest BCUT2D eigenvalue weighted by atomic mass is 9.80. The number of aliphatic carboxylic acids is 1. The summed E-state index contributed by atoms with van der Waals surface area (Å²) in [5, 5.41) is 15.4. The molecule has 1 saturated carbocycles. The lowest BCUT2D eigenvalue weighted by molar-refractivity contribution is -0.136. The number of halogens is 2. The summed E-state index contributed by atoms with van der Waals surface area (Å²) in [5.41, 5.74) is 2.19. The predicted octanol–water partition coefficient (Wildman–Crippen LogP) is 6.86. The van der Waals surface area contributed by atoms with E-state index in [0.717, 1.165) is 37.7 Å². The van der Waals surface area contributed by atoms with Gasteiger partial charge in [-0.15, -0.1) is 0 Å². The van der Waals surface area contributed by atoms with Crippen LogP contribution in [0.3, 0.4) is 0 Å². The van der Waals surface area contributed by atoms with Gasteiger partial charge in [0.1, 0.15) is 5.71 Å². The highest BCUT2D eigenvalue weighted by Crippen LogP contribution is 2.32. The van der Waals surface area contributed by atoms with Crippen molar-refractivity contribution in [3.63, 3.8) is 0 Å². The molecule has 9 heteroatoms. The number of carboxylic acids is 1. The average Bonchev–Trinajstić information content (AvgIpc) is 2.91. The molecule has 2 aromatic rings. The van der Waals surface area contributed by atoms with Gasteiger partial charge in [0.2, 0.25) is 0 Å². The van der Waals surface area contributed by atoms with Crippen molar-refractivity contribution in [2.24, 2.45) is 16.8 Å². The smallest absolute Gasteiger partial charge is 0.305 e. The summed E-state index contributed by atoms with van der Waals surface area (Å²) in [6.45, 7) is 6.61. The Morgan fingerprint density at radius 1 is 0.975 bits per heavy atom. The van der Waals surface area contributed by atoms with Gasteiger partial charge in [0.15, 0.2) is 0 Å². The van der Waals surface area contributed by atoms with E-state index in [0.29, 0.717) is 45.1 Å². The second-order valence-corrected chi connectivity index (χ2v) is 11.7. The highest BCUT2D eigenvalue weighted by molar-refractivity contribution is 6.46. The normalized spacial score (nSPS) is 18.3. The van der Waals surface area contributed by atoms with Gasteiger partial charge in [0.05, 0.1) is 18.5 Å². The number of nitrogens with one attached hydrogen (secondary N) is 2. The Morgan fingerprint density at radius 3 is 2.15 bits per heavy atom. The van der Waals surface area contributed by atoms with Gasteiger partial charge in [-0.25, -0.2) is 0 Å². The maximum atomic E-state index is 13.8. The molecule has 0 heterocycles. The van der Waals surface area contributed by atoms with Crippen molar-refractivity contribution in [3.8, 4) is 0 Å². The monoisotopic (exact) mass is 587 g/mol. The van der Waals surface area contributed by atoms with Gasteiger partial charge < -0.3 is 15.7 Å². The minimum absolute atomic E-state index is 0.0528. The van der Waals surface area contributed by atoms with Gasteiger partial charge in [-0.2, -0.15) is 0 Å². The van der Waals surface area contributed by atoms with Crippen LogP contribution in [-0.4, -0.2) is 41.2 Å². The summed E-state index contributed by atoms with van der Waals surface area (Å²) in [4.78, 5) is 41.8. The first-order chi connectivity index (χ1) is 19.1. The summed E-state index contributed by atoms with van der Waals surface area (Å²) in [6, 6.07) is 11.8. The molecule has 0 spiro atoms. The van der Waals surface area contributed by atoms with Crippen LogP contribution in [0, 0.1) is 11.8 Å². The number of aliphatic imine (C=N–C) groups is 1. The van der Waals surface area contributed by atoms with Crippen LogP contribution in [0.1, 0.15) is 93.2 Å². The topological polar surface area (TPSA) is 108 Å². The van der Waals surface area contributed by atoms with Crippen molar-refractivity contribution in [1.82, 2.24) is 10.6 Å². The summed E-state index contributed by atoms with van der Waals surface area (Å²) in [7, 11) is 0. The number of benzene rings is 2. The number of carbonyl (C=O) groups excluding carboxylic acids is 2. The van der Waals surface area contributed by atoms with Crippen LogP contribution in [0.5, 0.6) is 0 Å². The molecule has 40 heavy (non-hydrogen) atoms. The molecule has 0 aromatic heterocycles. The summed E-state index contributed by atoms with van der Waals surface area (Å²) in [6.07, 6.45) is 5.42. The quantitative estimate of drug-likeness (QED) is 0.236. The fraction of sp³-hybridized carbons (Fsp3) is 0.484. The van der Waals surface area contributed by atoms with Crippen LogP contribution < -0.4 is 10.6 Å². The van der Waals surface area contributed by atoms with Crippen molar-refractivity contribution in [2.45, 2.75) is 77.8 Å². The lowest BCUT2D eigenvalue weighted by Gasteiger charge is -2.29. The molecule has 0 radical (unpaired) electrons. The van der Waals surface area contributed by atoms with Crippen LogP contribution in [-0.2, 0) is 9.59 Å². The molecule has 0 bridgehead atoms. The first kappa shape index (κ1) is 31.6. The molecule has 2 aromatic carbocycles. The van der Waals surface area contributed by atoms with Crippen LogP contribution in [0.15, 0.2) is 47.5 Å². The van der Waals surface area contributed by atoms with E-state index in [4.69, 9.17) is 33.3 Å². The summed E-state index contributed by atoms with van der Waals surface area (Å²) in [5.74, 6) is -0.293. The van der Waals surface area contributed by atoms with Crippen LogP contribution in [0.25, 0.3) is 0 Å². The number of carboxylic acid groups (broad SMARTS) is 1. The fourth-order valence-electron chi connectivity index (χ4n) is 5.12. The zero-order valence-corrected chi connectivity index (χ0v) is 24.9. The lowest BCUT2D eigenvalue weighted by Crippen LogP contribution is -2.36. The SMILES string of the molecule is CCCC(NC(=O)C(=NC1CCC(C(C)C)CC1)c1cc(Cl)cc(Cl)c1)c1ccc(C(=O)NCCC(=O)O)cc1. The van der Waals surface area contributed by atoms with E-state index in [2.05, 4.69) is 24.5 Å². The number of rotatable bonds is 12. The second kappa shape index (κ2) is 15.2. The van der Waals surface area contributed by atoms with Gasteiger partial charge in [-0.3, -0.25) is 19.4 Å². The maximum absolute atomic E-state index is 13.8. The Morgan fingerprint density at radius 2 is 1.60 bits per heavy atom. The van der Waals surface area contributed by atoms with E-state index in [-0.39, 0.29) is 36.9 Å². The van der Waals surface area contributed by atoms with Crippen LogP contribution >= 0.6 is 23.2 Å². The maximum Gasteiger partial charge on any atom is 0.305 e. The second-order valence-electron chi connectivity index (χ2n) is 10.8. The molecule has 1 aliphatic rings. The average molecular weight is 589 g/mol. The van der Waals surface area contributed by atoms with Gasteiger partial charge in [-0.1, -0.05) is 62.5 Å². The third-order valence-electron chi connectivity index (χ3n) is 7.43. The fourth-order valence-corrected chi connectivity index (χ4v) is 5.65. The Hall–Kier alpha value is -2.90. The third-order valence-corrected chi connectivity index (χ3v) is 7.87. The largest absolute Gasteiger partial charge is 0.481 e. The standard InChI is InChI=1S/C31H39Cl2N3O4/c1-4-5-27(21-6-8-22(9-7-21)30(39)34-15-14-28(37)38)36-31(40)29(23-16-24(32)18-25(33)17-23)35-26-12-10-20(11-13-26)19(2)3/h6-9,16-20,26-27H,4-5,10-15H2,1-3H3,(H,34,39)(H,36,40)(H,37,38). The third kappa shape index (κ3) is 9.34. The molecule has 3 rings (SSSR count). The van der Waals surface area contributed by atoms with Crippen LogP contribution in [0.4, 0.5) is 0 Å². The Kier molecular flexibility index (Phi) is 12.0. The molecule has 2 amide bonds. The molecular weight excluding hydrogens is 549 g/mol. The molecular formula is C31H39Cl2N3O4. The van der Waals surface area contributed by atoms with Crippen molar-refractivity contribution < 1.29 is 19.5 Å². The first-order valence-electron chi connectivity index (χ1n) is 14.0. The van der Waals surface area contributed by atoms with Gasteiger partial charge in [0.25, 0.3) is 11.8 Å². The molecule has 0 aliphatic heterocycles. The minimum atomic E-state index is -0.972. The number of hydrogen-bond donors (Lipinski definition) is 3. The van der Waals surface area contributed by atoms with E-state index in [1.807, 2.05) is 19.1 Å². The van der Waals surface area contributed by atoms with E-state index in [1.165, 1.54) is 0 Å². The highest BCUT2D eigenvalue weighted by Gasteiger charge is 2.26. The molecule has 3 N–H and O–H groups in total. The van der Waals surface area contributed by atoms with Crippen molar-refractivity contribution in [1.29, 1.82) is 0 Å². The van der Waals surface area contributed by atoms with Gasteiger partial charge in [-0.05, 0) is 79.8 Å². The zero-order valence-electron chi connectivity index (χ0n) is 23.4. The minimum Gasteiger partial charge on any atom is -0.481 e. The molecule has 216 valence electrons. The molecule has 1 atom stereocenters. The summed E-state index contributed by atoms with van der Waals surface area (Å²) < 4.78 is 0. The van der Waals surface area contributed by atoms with E-state index in [9.17, 15) is 14.4 Å². The highest BCUT2D eigenvalue weighted by atomic mass is 35.5. The Labute approximate surface area is 246 Å². The number of carbonyl (C=O) groups is 3. The number of hydrogen-bond acceptors (Lipinski definition) is 4. The molecule has 1 unspecified atom stereocenters. The number of amides is 2. The Balaban J connectivity index is 1.81. The van der Waals surface area contributed by atoms with Crippen LogP contribution in [0.2, 0.25) is 10.0 Å². The van der Waals surface area contributed by atoms with E-state index in [1.54, 1.807) is 30.3 Å². The first-order valence-corrected chi connectivity index (χ1v) is 14.8. The zero-order chi connectivity index (χ0) is 29.2. The van der Waals surface area contributed by atoms with E-state index < -0.39 is 5.97 Å². The predicted molar refractivity (Wildman–Crippen MR) is 160 cm³/mol. The van der Waals surface area contributed by atoms with Crippen molar-refractivity contribution in [2.75, 3.05) is 6.54 Å². The molecule has 1 fully saturated rings. The van der Waals surface area contributed by atoms with Crippen molar-refractivity contribution in [3.05, 3.63) is 69.2 Å². The molecule has 7 nitrogen and oxygen atoms in total. The van der Waals surface area contributed by atoms with Gasteiger partial charge >= 0.3 is 5.97 Å². The molecule has 1 aliphatic carbocycles. The van der Waals surface area contributed by atoms with Gasteiger partial charge in [0, 0.05) is 27.7 Å². The number of nitrogens with zero attached hydrogens (tertiary/aromatic N) is 1. The van der Waals surface area contributed by atoms with Crippen molar-refractivity contribution >= 4 is 46.7 Å². The summed E-state index contributed by atoms with van der Waals surface area (Å²) >= 11 is 12.6. The molecule has 0 saturated heterocycles.